The minimum atomic E-state index is -1.35. The Morgan fingerprint density at radius 1 is 0.911 bits per heavy atom. The van der Waals surface area contributed by atoms with Crippen LogP contribution >= 0.6 is 0 Å². The van der Waals surface area contributed by atoms with Crippen molar-refractivity contribution in [2.45, 2.75) is 103 Å². The Hall–Kier alpha value is -3.80. The summed E-state index contributed by atoms with van der Waals surface area (Å²) in [7, 11) is 0. The number of carbonyl (C=O) groups is 6. The summed E-state index contributed by atoms with van der Waals surface area (Å²) < 4.78 is 0. The van der Waals surface area contributed by atoms with Crippen LogP contribution in [0.2, 0.25) is 0 Å². The van der Waals surface area contributed by atoms with E-state index in [0.717, 1.165) is 12.8 Å². The second kappa shape index (κ2) is 16.0. The summed E-state index contributed by atoms with van der Waals surface area (Å²) >= 11 is 0. The fourth-order valence-electron chi connectivity index (χ4n) is 6.35. The highest BCUT2D eigenvalue weighted by molar-refractivity contribution is 6.38. The first kappa shape index (κ1) is 35.7. The number of nitrogens with one attached hydrogen (secondary N) is 3. The second-order valence-corrected chi connectivity index (χ2v) is 13.0. The van der Waals surface area contributed by atoms with Crippen LogP contribution in [0.4, 0.5) is 0 Å². The fourth-order valence-corrected chi connectivity index (χ4v) is 6.35. The topological polar surface area (TPSA) is 182 Å². The molecule has 7 atom stereocenters. The highest BCUT2D eigenvalue weighted by atomic mass is 16.4. The van der Waals surface area contributed by atoms with Crippen LogP contribution in [-0.2, 0) is 35.2 Å². The molecular weight excluding hydrogens is 580 g/mol. The van der Waals surface area contributed by atoms with Crippen molar-refractivity contribution >= 4 is 35.4 Å². The molecule has 12 heteroatoms. The van der Waals surface area contributed by atoms with E-state index >= 15 is 0 Å². The molecule has 1 saturated heterocycles. The molecule has 2 fully saturated rings. The molecule has 0 bridgehead atoms. The summed E-state index contributed by atoms with van der Waals surface area (Å²) in [6, 6.07) is 4.26. The first-order chi connectivity index (χ1) is 21.3. The Morgan fingerprint density at radius 3 is 2.16 bits per heavy atom. The molecule has 248 valence electrons. The molecule has 45 heavy (non-hydrogen) atoms. The Bertz CT molecular complexity index is 1240. The number of nitrogens with zero attached hydrogens (tertiary/aromatic N) is 1. The van der Waals surface area contributed by atoms with Gasteiger partial charge in [0.1, 0.15) is 24.2 Å². The van der Waals surface area contributed by atoms with Crippen LogP contribution in [-0.4, -0.2) is 87.3 Å². The number of aliphatic hydroxyl groups excluding tert-OH is 1. The molecule has 0 aromatic heterocycles. The summed E-state index contributed by atoms with van der Waals surface area (Å²) in [6.07, 6.45) is 1.71. The highest BCUT2D eigenvalue weighted by Gasteiger charge is 2.51. The molecule has 1 aromatic rings. The zero-order valence-corrected chi connectivity index (χ0v) is 26.8. The van der Waals surface area contributed by atoms with Gasteiger partial charge in [-0.25, -0.2) is 4.79 Å². The lowest BCUT2D eigenvalue weighted by Crippen LogP contribution is -2.59. The molecule has 0 spiro atoms. The smallest absolute Gasteiger partial charge is 0.326 e. The number of benzene rings is 1. The van der Waals surface area contributed by atoms with E-state index in [4.69, 9.17) is 0 Å². The zero-order valence-electron chi connectivity index (χ0n) is 26.8. The van der Waals surface area contributed by atoms with E-state index in [1.807, 2.05) is 0 Å². The lowest BCUT2D eigenvalue weighted by molar-refractivity contribution is -0.146. The average molecular weight is 629 g/mol. The van der Waals surface area contributed by atoms with Crippen LogP contribution in [0.1, 0.15) is 72.3 Å². The maximum absolute atomic E-state index is 13.9. The third kappa shape index (κ3) is 8.90. The first-order valence-corrected chi connectivity index (χ1v) is 16.0. The van der Waals surface area contributed by atoms with Gasteiger partial charge in [-0.15, -0.1) is 0 Å². The molecule has 3 rings (SSSR count). The number of Topliss-reactive ketones (excluding diaryl/α,β-unsaturated/α-hetero) is 1. The molecule has 1 saturated carbocycles. The summed E-state index contributed by atoms with van der Waals surface area (Å²) in [5, 5.41) is 27.6. The monoisotopic (exact) mass is 628 g/mol. The van der Waals surface area contributed by atoms with E-state index in [1.165, 1.54) is 4.90 Å². The van der Waals surface area contributed by atoms with Gasteiger partial charge in [0.15, 0.2) is 0 Å². The lowest BCUT2D eigenvalue weighted by Gasteiger charge is -2.33. The molecule has 1 aliphatic carbocycles. The number of rotatable bonds is 15. The van der Waals surface area contributed by atoms with E-state index in [1.54, 1.807) is 65.0 Å². The summed E-state index contributed by atoms with van der Waals surface area (Å²) in [4.78, 5) is 80.1. The van der Waals surface area contributed by atoms with Gasteiger partial charge in [-0.05, 0) is 48.5 Å². The van der Waals surface area contributed by atoms with Crippen LogP contribution in [0.5, 0.6) is 0 Å². The minimum Gasteiger partial charge on any atom is -0.480 e. The van der Waals surface area contributed by atoms with Gasteiger partial charge in [0.25, 0.3) is 5.91 Å². The fraction of sp³-hybridized carbons (Fsp3) is 0.636. The predicted octanol–water partition coefficient (Wildman–Crippen LogP) is 1.44. The maximum Gasteiger partial charge on any atom is 0.326 e. The van der Waals surface area contributed by atoms with Crippen LogP contribution < -0.4 is 16.0 Å². The first-order valence-electron chi connectivity index (χ1n) is 16.0. The number of hydrogen-bond donors (Lipinski definition) is 5. The maximum atomic E-state index is 13.9. The van der Waals surface area contributed by atoms with Crippen LogP contribution in [0.25, 0.3) is 0 Å². The molecule has 4 amide bonds. The largest absolute Gasteiger partial charge is 0.480 e. The number of carboxylic acids is 1. The van der Waals surface area contributed by atoms with Crippen molar-refractivity contribution in [3.05, 3.63) is 35.9 Å². The van der Waals surface area contributed by atoms with Crippen molar-refractivity contribution in [2.24, 2.45) is 23.7 Å². The Morgan fingerprint density at radius 2 is 1.58 bits per heavy atom. The quantitative estimate of drug-likeness (QED) is 0.181. The predicted molar refractivity (Wildman–Crippen MR) is 166 cm³/mol. The number of aliphatic carboxylic acids is 1. The number of carbonyl (C=O) groups excluding carboxylic acids is 5. The molecule has 5 N–H and O–H groups in total. The minimum absolute atomic E-state index is 0.0238. The van der Waals surface area contributed by atoms with Crippen LogP contribution in [0.15, 0.2) is 30.3 Å². The summed E-state index contributed by atoms with van der Waals surface area (Å²) in [5.74, 6) is -5.79. The number of hydrogen-bond acceptors (Lipinski definition) is 7. The van der Waals surface area contributed by atoms with Crippen molar-refractivity contribution in [1.29, 1.82) is 0 Å². The van der Waals surface area contributed by atoms with Gasteiger partial charge in [0.2, 0.25) is 23.5 Å². The standard InChI is InChI=1S/C33H48N4O8/c1-6-11-23(28(39)31(42)35-24(33(44)45)16-20-12-8-7-9-13-20)34-29(40)26-22-15-10-14-21(22)17-37(26)32(43)25(18(2)3)36-30(41)27(38)19(4)5/h7-9,12-13,18-19,21-27,38H,6,10-11,14-17H2,1-5H3,(H,34,40)(H,35,42)(H,36,41)(H,44,45)/t21-,22-,23?,24-,25-,26-,27?/m0/s1. The summed E-state index contributed by atoms with van der Waals surface area (Å²) in [6.45, 7) is 9.04. The third-order valence-electron chi connectivity index (χ3n) is 8.89. The number of fused-ring (bicyclic) bond motifs is 1. The number of likely N-dealkylation sites (tertiary alicyclic amines) is 1. The van der Waals surface area contributed by atoms with Crippen LogP contribution in [0.3, 0.4) is 0 Å². The number of carboxylic acid groups (broad SMARTS) is 1. The number of amides is 4. The van der Waals surface area contributed by atoms with Gasteiger partial charge in [-0.1, -0.05) is 77.8 Å². The van der Waals surface area contributed by atoms with Crippen LogP contribution in [0, 0.1) is 23.7 Å². The molecule has 1 aromatic carbocycles. The molecule has 12 nitrogen and oxygen atoms in total. The van der Waals surface area contributed by atoms with Gasteiger partial charge in [-0.3, -0.25) is 24.0 Å². The van der Waals surface area contributed by atoms with Gasteiger partial charge in [0.05, 0.1) is 6.04 Å². The molecule has 2 unspecified atom stereocenters. The van der Waals surface area contributed by atoms with E-state index in [9.17, 15) is 39.0 Å². The van der Waals surface area contributed by atoms with Crippen molar-refractivity contribution in [3.8, 4) is 0 Å². The normalized spacial score (nSPS) is 21.9. The Labute approximate surface area is 264 Å². The SMILES string of the molecule is CCCC(NC(=O)[C@@H]1[C@H]2CCC[C@H]2CN1C(=O)[C@@H](NC(=O)C(O)C(C)C)C(C)C)C(=O)C(=O)N[C@@H](Cc1ccccc1)C(=O)O. The van der Waals surface area contributed by atoms with E-state index in [0.29, 0.717) is 24.9 Å². The lowest BCUT2D eigenvalue weighted by atomic mass is 9.92. The molecular formula is C33H48N4O8. The summed E-state index contributed by atoms with van der Waals surface area (Å²) in [5.41, 5.74) is 0.669. The van der Waals surface area contributed by atoms with Gasteiger partial charge < -0.3 is 31.1 Å². The highest BCUT2D eigenvalue weighted by Crippen LogP contribution is 2.42. The van der Waals surface area contributed by atoms with Crippen molar-refractivity contribution in [3.63, 3.8) is 0 Å². The van der Waals surface area contributed by atoms with Crippen molar-refractivity contribution in [2.75, 3.05) is 6.54 Å². The molecule has 1 heterocycles. The van der Waals surface area contributed by atoms with Crippen molar-refractivity contribution in [1.82, 2.24) is 20.9 Å². The van der Waals surface area contributed by atoms with E-state index in [2.05, 4.69) is 16.0 Å². The second-order valence-electron chi connectivity index (χ2n) is 13.0. The number of ketones is 1. The Kier molecular flexibility index (Phi) is 12.7. The Balaban J connectivity index is 1.78. The molecule has 2 aliphatic rings. The van der Waals surface area contributed by atoms with Gasteiger partial charge >= 0.3 is 5.97 Å². The van der Waals surface area contributed by atoms with Crippen molar-refractivity contribution < 1.29 is 39.0 Å². The van der Waals surface area contributed by atoms with E-state index < -0.39 is 65.7 Å². The zero-order chi connectivity index (χ0) is 33.4. The van der Waals surface area contributed by atoms with Gasteiger partial charge in [-0.2, -0.15) is 0 Å². The average Bonchev–Trinajstić information content (AvgIpc) is 3.60. The molecule has 0 radical (unpaired) electrons. The van der Waals surface area contributed by atoms with Gasteiger partial charge in [0, 0.05) is 13.0 Å². The third-order valence-corrected chi connectivity index (χ3v) is 8.89. The number of aliphatic hydroxyl groups is 1. The van der Waals surface area contributed by atoms with E-state index in [-0.39, 0.29) is 36.5 Å². The molecule has 1 aliphatic heterocycles.